The van der Waals surface area contributed by atoms with Crippen molar-refractivity contribution < 1.29 is 14.7 Å². The zero-order chi connectivity index (χ0) is 10.8. The molecule has 2 aliphatic rings. The van der Waals surface area contributed by atoms with E-state index in [1.807, 2.05) is 0 Å². The fourth-order valence-electron chi connectivity index (χ4n) is 1.39. The first-order valence-corrected chi connectivity index (χ1v) is 7.08. The zero-order valence-electron chi connectivity index (χ0n) is 9.41. The SMILES string of the molecule is C1=C\CC/C=C\CC/1.[CH3][Co][C]1=CC=CC1. The van der Waals surface area contributed by atoms with Gasteiger partial charge in [0.25, 0.3) is 0 Å². The van der Waals surface area contributed by atoms with Gasteiger partial charge in [-0.3, -0.25) is 0 Å². The first kappa shape index (κ1) is 12.5. The van der Waals surface area contributed by atoms with E-state index in [9.17, 15) is 0 Å². The summed E-state index contributed by atoms with van der Waals surface area (Å²) in [5, 5.41) is 0. The minimum absolute atomic E-state index is 1.18. The second-order valence-corrected chi connectivity index (χ2v) is 4.67. The number of hydrogen-bond donors (Lipinski definition) is 0. The Kier molecular flexibility index (Phi) is 7.31. The molecule has 0 spiro atoms. The van der Waals surface area contributed by atoms with Crippen LogP contribution in [0.2, 0.25) is 5.86 Å². The third-order valence-electron chi connectivity index (χ3n) is 2.26. The molecule has 0 aromatic carbocycles. The quantitative estimate of drug-likeness (QED) is 0.592. The summed E-state index contributed by atoms with van der Waals surface area (Å²) in [7, 11) is 0. The fraction of sp³-hybridized carbons (Fsp3) is 0.429. The van der Waals surface area contributed by atoms with Crippen molar-refractivity contribution in [2.75, 3.05) is 0 Å². The van der Waals surface area contributed by atoms with Crippen LogP contribution in [0.25, 0.3) is 0 Å². The standard InChI is InChI=1S/C8H12.C5H5.CH3.Co/c1-2-4-6-8-7-5-3-1;1-2-4-5-3-1;;/h1-2,7-8H,3-6H2;1-3H,4H2;1H3;/b2-1-,8-7-;;;. The van der Waals surface area contributed by atoms with Crippen LogP contribution in [0.4, 0.5) is 0 Å². The molecule has 85 valence electrons. The van der Waals surface area contributed by atoms with Gasteiger partial charge in [0, 0.05) is 0 Å². The minimum atomic E-state index is 1.18. The van der Waals surface area contributed by atoms with Crippen molar-refractivity contribution in [3.05, 3.63) is 47.0 Å². The molecule has 15 heavy (non-hydrogen) atoms. The maximum atomic E-state index is 2.27. The van der Waals surface area contributed by atoms with Gasteiger partial charge in [0.1, 0.15) is 0 Å². The molecule has 0 fully saturated rings. The van der Waals surface area contributed by atoms with Gasteiger partial charge in [-0.05, 0) is 25.7 Å². The van der Waals surface area contributed by atoms with Crippen LogP contribution in [0, 0.1) is 0 Å². The topological polar surface area (TPSA) is 0 Å². The van der Waals surface area contributed by atoms with Crippen LogP contribution in [-0.2, 0) is 14.7 Å². The first-order chi connectivity index (χ1) is 7.43. The summed E-state index contributed by atoms with van der Waals surface area (Å²) in [4.78, 5) is 0. The second kappa shape index (κ2) is 8.75. The summed E-state index contributed by atoms with van der Waals surface area (Å²) >= 11 is 1.45. The van der Waals surface area contributed by atoms with Crippen molar-refractivity contribution in [1.82, 2.24) is 0 Å². The summed E-state index contributed by atoms with van der Waals surface area (Å²) in [6.07, 6.45) is 21.7. The Bertz CT molecular complexity index is 243. The van der Waals surface area contributed by atoms with Gasteiger partial charge < -0.3 is 0 Å². The van der Waals surface area contributed by atoms with Gasteiger partial charge in [-0.25, -0.2) is 0 Å². The van der Waals surface area contributed by atoms with E-state index in [4.69, 9.17) is 0 Å². The molecule has 0 aromatic rings. The predicted octanol–water partition coefficient (Wildman–Crippen LogP) is 4.63. The molecule has 0 saturated heterocycles. The third-order valence-corrected chi connectivity index (χ3v) is 3.31. The van der Waals surface area contributed by atoms with Crippen LogP contribution in [0.5, 0.6) is 0 Å². The summed E-state index contributed by atoms with van der Waals surface area (Å²) in [6.45, 7) is 0. The van der Waals surface area contributed by atoms with Gasteiger partial charge >= 0.3 is 49.7 Å². The van der Waals surface area contributed by atoms with Crippen LogP contribution < -0.4 is 0 Å². The summed E-state index contributed by atoms with van der Waals surface area (Å²) in [5.74, 6) is 2.16. The average Bonchev–Trinajstić information content (AvgIpc) is 2.69. The van der Waals surface area contributed by atoms with E-state index in [1.54, 1.807) is 0 Å². The maximum absolute atomic E-state index is 2.27. The van der Waals surface area contributed by atoms with E-state index in [2.05, 4.69) is 48.4 Å². The number of rotatable bonds is 1. The summed E-state index contributed by atoms with van der Waals surface area (Å²) in [5.41, 5.74) is 0. The zero-order valence-corrected chi connectivity index (χ0v) is 10.5. The van der Waals surface area contributed by atoms with Crippen molar-refractivity contribution in [1.29, 1.82) is 0 Å². The Balaban J connectivity index is 0.000000151. The molecule has 0 aliphatic heterocycles. The molecular weight excluding hydrogens is 227 g/mol. The van der Waals surface area contributed by atoms with Gasteiger partial charge in [-0.15, -0.1) is 0 Å². The van der Waals surface area contributed by atoms with Crippen LogP contribution in [0.15, 0.2) is 47.0 Å². The van der Waals surface area contributed by atoms with Crippen LogP contribution >= 0.6 is 0 Å². The third kappa shape index (κ3) is 6.53. The summed E-state index contributed by atoms with van der Waals surface area (Å²) in [6, 6.07) is 0. The van der Waals surface area contributed by atoms with Crippen molar-refractivity contribution >= 4 is 0 Å². The van der Waals surface area contributed by atoms with E-state index in [0.717, 1.165) is 0 Å². The fourth-order valence-corrected chi connectivity index (χ4v) is 2.00. The molecule has 1 heteroatoms. The van der Waals surface area contributed by atoms with Crippen molar-refractivity contribution in [2.45, 2.75) is 38.0 Å². The molecule has 2 aliphatic carbocycles. The Morgan fingerprint density at radius 1 is 0.867 bits per heavy atom. The Labute approximate surface area is 99.8 Å². The molecule has 0 bridgehead atoms. The average molecular weight is 247 g/mol. The Hall–Kier alpha value is -0.534. The van der Waals surface area contributed by atoms with Crippen LogP contribution in [-0.4, -0.2) is 0 Å². The normalized spacial score (nSPS) is 23.4. The molecule has 0 nitrogen and oxygen atoms in total. The molecular formula is C14H20Co. The molecule has 0 atom stereocenters. The number of hydrogen-bond acceptors (Lipinski definition) is 0. The van der Waals surface area contributed by atoms with E-state index in [-0.39, 0.29) is 0 Å². The second-order valence-electron chi connectivity index (χ2n) is 3.48. The molecule has 0 amide bonds. The van der Waals surface area contributed by atoms with Crippen molar-refractivity contribution in [2.24, 2.45) is 0 Å². The van der Waals surface area contributed by atoms with Crippen LogP contribution in [0.1, 0.15) is 32.1 Å². The van der Waals surface area contributed by atoms with Gasteiger partial charge in [-0.1, -0.05) is 24.3 Å². The van der Waals surface area contributed by atoms with E-state index in [0.29, 0.717) is 0 Å². The van der Waals surface area contributed by atoms with Crippen LogP contribution in [0.3, 0.4) is 0 Å². The molecule has 0 saturated carbocycles. The molecule has 2 rings (SSSR count). The molecule has 0 unspecified atom stereocenters. The monoisotopic (exact) mass is 247 g/mol. The van der Waals surface area contributed by atoms with Gasteiger partial charge in [-0.2, -0.15) is 0 Å². The first-order valence-electron chi connectivity index (χ1n) is 5.52. The van der Waals surface area contributed by atoms with E-state index in [1.165, 1.54) is 51.3 Å². The molecule has 0 heterocycles. The van der Waals surface area contributed by atoms with Crippen molar-refractivity contribution in [3.63, 3.8) is 0 Å². The van der Waals surface area contributed by atoms with E-state index < -0.39 is 0 Å². The molecule has 0 aromatic heterocycles. The van der Waals surface area contributed by atoms with E-state index >= 15 is 0 Å². The van der Waals surface area contributed by atoms with Gasteiger partial charge in [0.05, 0.1) is 0 Å². The number of allylic oxidation sites excluding steroid dienone is 8. The predicted molar refractivity (Wildman–Crippen MR) is 64.5 cm³/mol. The van der Waals surface area contributed by atoms with Gasteiger partial charge in [0.2, 0.25) is 0 Å². The molecule has 0 radical (unpaired) electrons. The van der Waals surface area contributed by atoms with Gasteiger partial charge in [0.15, 0.2) is 0 Å². The Morgan fingerprint density at radius 2 is 1.40 bits per heavy atom. The summed E-state index contributed by atoms with van der Waals surface area (Å²) < 4.78 is 1.52. The molecule has 0 N–H and O–H groups in total. The Morgan fingerprint density at radius 3 is 1.67 bits per heavy atom. The van der Waals surface area contributed by atoms with Crippen molar-refractivity contribution in [3.8, 4) is 0 Å².